The van der Waals surface area contributed by atoms with Crippen molar-refractivity contribution in [2.75, 3.05) is 13.2 Å². The largest absolute Gasteiger partial charge is 0.462 e. The van der Waals surface area contributed by atoms with Crippen LogP contribution in [0.25, 0.3) is 0 Å². The second-order valence-corrected chi connectivity index (χ2v) is 17.1. The number of unbranched alkanes of at least 4 members (excludes halogenated alkanes) is 21. The molecule has 0 N–H and O–H groups in total. The van der Waals surface area contributed by atoms with Gasteiger partial charge >= 0.3 is 17.9 Å². The van der Waals surface area contributed by atoms with Gasteiger partial charge in [0.1, 0.15) is 13.2 Å². The lowest BCUT2D eigenvalue weighted by molar-refractivity contribution is -0.167. The summed E-state index contributed by atoms with van der Waals surface area (Å²) in [6, 6.07) is 0. The summed E-state index contributed by atoms with van der Waals surface area (Å²) in [6.45, 7) is 6.32. The Hall–Kier alpha value is -3.93. The van der Waals surface area contributed by atoms with Crippen molar-refractivity contribution in [1.29, 1.82) is 0 Å². The Morgan fingerprint density at radius 3 is 1.15 bits per heavy atom. The fraction of sp³-hybridized carbons (Fsp3) is 0.644. The molecule has 0 heterocycles. The van der Waals surface area contributed by atoms with E-state index in [0.29, 0.717) is 12.8 Å². The fourth-order valence-corrected chi connectivity index (χ4v) is 6.93. The molecule has 6 nitrogen and oxygen atoms in total. The number of esters is 3. The molecule has 0 aliphatic heterocycles. The molecule has 65 heavy (non-hydrogen) atoms. The number of carbonyl (C=O) groups excluding carboxylic acids is 3. The summed E-state index contributed by atoms with van der Waals surface area (Å²) >= 11 is 0. The molecule has 0 radical (unpaired) electrons. The molecule has 0 aliphatic rings. The van der Waals surface area contributed by atoms with Gasteiger partial charge in [0.25, 0.3) is 0 Å². The standard InChI is InChI=1S/C59H96O6/c1-4-7-10-13-16-19-22-25-28-31-34-37-40-43-46-49-52-58(61)64-55-56(54-63-57(60)51-48-45-42-39-36-33-30-27-24-21-18-15-12-9-6-3)65-59(62)53-50-47-44-41-38-35-32-29-26-23-20-17-14-11-8-5-2/h7,9-10,12,15-16,18-19,21,24-25,27-30,32,35,38,56H,4-6,8,11,13-14,17,20,22-23,26,31,33-34,36-37,39-55H2,1-3H3/b10-7-,12-9-,18-15-,19-16-,24-21-,28-25-,30-27-,32-29-,38-35-. The molecule has 0 aromatic carbocycles. The van der Waals surface area contributed by atoms with Crippen molar-refractivity contribution >= 4 is 17.9 Å². The number of allylic oxidation sites excluding steroid dienone is 18. The molecule has 0 saturated carbocycles. The second-order valence-electron chi connectivity index (χ2n) is 17.1. The zero-order chi connectivity index (χ0) is 47.2. The fourth-order valence-electron chi connectivity index (χ4n) is 6.93. The number of rotatable bonds is 46. The van der Waals surface area contributed by atoms with Gasteiger partial charge in [-0.2, -0.15) is 0 Å². The molecular formula is C59H96O6. The van der Waals surface area contributed by atoms with Crippen molar-refractivity contribution in [1.82, 2.24) is 0 Å². The molecule has 0 bridgehead atoms. The number of carbonyl (C=O) groups is 3. The molecule has 0 aromatic heterocycles. The molecule has 0 spiro atoms. The third kappa shape index (κ3) is 50.9. The van der Waals surface area contributed by atoms with E-state index in [1.807, 2.05) is 18.2 Å². The molecular weight excluding hydrogens is 805 g/mol. The maximum atomic E-state index is 12.8. The van der Waals surface area contributed by atoms with Gasteiger partial charge in [-0.1, -0.05) is 220 Å². The van der Waals surface area contributed by atoms with E-state index in [1.165, 1.54) is 57.8 Å². The molecule has 0 saturated heterocycles. The molecule has 368 valence electrons. The van der Waals surface area contributed by atoms with Crippen LogP contribution in [0.15, 0.2) is 109 Å². The highest BCUT2D eigenvalue weighted by molar-refractivity contribution is 5.71. The maximum absolute atomic E-state index is 12.8. The number of hydrogen-bond acceptors (Lipinski definition) is 6. The van der Waals surface area contributed by atoms with E-state index >= 15 is 0 Å². The Bertz CT molecular complexity index is 1360. The molecule has 6 heteroatoms. The highest BCUT2D eigenvalue weighted by Crippen LogP contribution is 2.13. The summed E-state index contributed by atoms with van der Waals surface area (Å²) in [5.74, 6) is -0.972. The normalized spacial score (nSPS) is 13.0. The lowest BCUT2D eigenvalue weighted by Crippen LogP contribution is -2.30. The van der Waals surface area contributed by atoms with E-state index in [4.69, 9.17) is 14.2 Å². The Balaban J connectivity index is 4.51. The van der Waals surface area contributed by atoms with Gasteiger partial charge in [0, 0.05) is 19.3 Å². The summed E-state index contributed by atoms with van der Waals surface area (Å²) in [7, 11) is 0. The maximum Gasteiger partial charge on any atom is 0.306 e. The molecule has 1 atom stereocenters. The third-order valence-corrected chi connectivity index (χ3v) is 10.9. The molecule has 0 rings (SSSR count). The van der Waals surface area contributed by atoms with E-state index in [2.05, 4.69) is 112 Å². The van der Waals surface area contributed by atoms with Crippen LogP contribution < -0.4 is 0 Å². The highest BCUT2D eigenvalue weighted by atomic mass is 16.6. The Kier molecular flexibility index (Phi) is 49.5. The Labute approximate surface area is 400 Å². The third-order valence-electron chi connectivity index (χ3n) is 10.9. The quantitative estimate of drug-likeness (QED) is 0.0199. The Morgan fingerprint density at radius 1 is 0.338 bits per heavy atom. The van der Waals surface area contributed by atoms with Crippen LogP contribution in [0.5, 0.6) is 0 Å². The van der Waals surface area contributed by atoms with Crippen LogP contribution in [0.4, 0.5) is 0 Å². The summed E-state index contributed by atoms with van der Waals surface area (Å²) < 4.78 is 16.8. The van der Waals surface area contributed by atoms with Crippen LogP contribution in [-0.2, 0) is 28.6 Å². The van der Waals surface area contributed by atoms with E-state index in [0.717, 1.165) is 128 Å². The molecule has 0 fully saturated rings. The van der Waals surface area contributed by atoms with Gasteiger partial charge < -0.3 is 14.2 Å². The van der Waals surface area contributed by atoms with E-state index < -0.39 is 6.10 Å². The summed E-state index contributed by atoms with van der Waals surface area (Å²) in [5.41, 5.74) is 0. The average molecular weight is 901 g/mol. The van der Waals surface area contributed by atoms with E-state index in [1.54, 1.807) is 0 Å². The highest BCUT2D eigenvalue weighted by Gasteiger charge is 2.19. The van der Waals surface area contributed by atoms with Crippen molar-refractivity contribution < 1.29 is 28.6 Å². The zero-order valence-electron chi connectivity index (χ0n) is 42.0. The van der Waals surface area contributed by atoms with Gasteiger partial charge in [0.15, 0.2) is 6.10 Å². The second kappa shape index (κ2) is 52.7. The van der Waals surface area contributed by atoms with Crippen LogP contribution in [0.2, 0.25) is 0 Å². The smallest absolute Gasteiger partial charge is 0.306 e. The van der Waals surface area contributed by atoms with Crippen molar-refractivity contribution in [3.63, 3.8) is 0 Å². The van der Waals surface area contributed by atoms with Crippen LogP contribution in [0.3, 0.4) is 0 Å². The number of hydrogen-bond donors (Lipinski definition) is 0. The molecule has 0 aliphatic carbocycles. The number of ether oxygens (including phenoxy) is 3. The lowest BCUT2D eigenvalue weighted by atomic mass is 10.1. The minimum Gasteiger partial charge on any atom is -0.462 e. The van der Waals surface area contributed by atoms with Gasteiger partial charge in [0.05, 0.1) is 0 Å². The van der Waals surface area contributed by atoms with Crippen molar-refractivity contribution in [3.8, 4) is 0 Å². The first-order valence-electron chi connectivity index (χ1n) is 26.5. The van der Waals surface area contributed by atoms with Crippen molar-refractivity contribution in [2.45, 2.75) is 232 Å². The Morgan fingerprint density at radius 2 is 0.677 bits per heavy atom. The van der Waals surface area contributed by atoms with Gasteiger partial charge in [0.2, 0.25) is 0 Å². The minimum absolute atomic E-state index is 0.106. The lowest BCUT2D eigenvalue weighted by Gasteiger charge is -2.18. The van der Waals surface area contributed by atoms with Gasteiger partial charge in [-0.15, -0.1) is 0 Å². The average Bonchev–Trinajstić information content (AvgIpc) is 3.30. The summed E-state index contributed by atoms with van der Waals surface area (Å²) in [6.07, 6.45) is 70.7. The van der Waals surface area contributed by atoms with Gasteiger partial charge in [-0.05, 0) is 96.3 Å². The van der Waals surface area contributed by atoms with E-state index in [9.17, 15) is 14.4 Å². The summed E-state index contributed by atoms with van der Waals surface area (Å²) in [5, 5.41) is 0. The van der Waals surface area contributed by atoms with E-state index in [-0.39, 0.29) is 37.5 Å². The van der Waals surface area contributed by atoms with Crippen LogP contribution in [0.1, 0.15) is 226 Å². The zero-order valence-corrected chi connectivity index (χ0v) is 42.0. The van der Waals surface area contributed by atoms with Crippen LogP contribution in [0, 0.1) is 0 Å². The van der Waals surface area contributed by atoms with Crippen molar-refractivity contribution in [3.05, 3.63) is 109 Å². The first-order valence-corrected chi connectivity index (χ1v) is 26.5. The van der Waals surface area contributed by atoms with Gasteiger partial charge in [-0.25, -0.2) is 0 Å². The topological polar surface area (TPSA) is 78.9 Å². The first kappa shape index (κ1) is 61.1. The van der Waals surface area contributed by atoms with Crippen LogP contribution in [-0.4, -0.2) is 37.2 Å². The van der Waals surface area contributed by atoms with Gasteiger partial charge in [-0.3, -0.25) is 14.4 Å². The summed E-state index contributed by atoms with van der Waals surface area (Å²) in [4.78, 5) is 38.0. The van der Waals surface area contributed by atoms with Crippen molar-refractivity contribution in [2.24, 2.45) is 0 Å². The molecule has 0 amide bonds. The van der Waals surface area contributed by atoms with Crippen LogP contribution >= 0.6 is 0 Å². The molecule has 0 aromatic rings. The first-order chi connectivity index (χ1) is 32.0. The monoisotopic (exact) mass is 901 g/mol. The SMILES string of the molecule is CC\C=C/C=C\C=C/C=C\CCCCCCCC(=O)OCC(COC(=O)CCCCCCCC/C=C\C/C=C\C/C=C\CC)OC(=O)CCCCC/C=C\C=C/CCCCCCCCC. The minimum atomic E-state index is -0.809. The predicted molar refractivity (Wildman–Crippen MR) is 279 cm³/mol. The predicted octanol–water partition coefficient (Wildman–Crippen LogP) is 17.5. The molecule has 1 unspecified atom stereocenters.